The molecule has 17 heavy (non-hydrogen) atoms. The van der Waals surface area contributed by atoms with Crippen molar-refractivity contribution >= 4 is 0 Å². The van der Waals surface area contributed by atoms with Crippen LogP contribution in [0, 0.1) is 5.82 Å². The average Bonchev–Trinajstić information content (AvgIpc) is 2.68. The molecule has 2 heterocycles. The number of fused-ring (bicyclic) bond motifs is 2. The highest BCUT2D eigenvalue weighted by molar-refractivity contribution is 5.37. The number of hydrogen-bond donors (Lipinski definition) is 1. The zero-order valence-electron chi connectivity index (χ0n) is 10.1. The van der Waals surface area contributed by atoms with Crippen molar-refractivity contribution < 1.29 is 9.13 Å². The van der Waals surface area contributed by atoms with Gasteiger partial charge in [0.15, 0.2) is 0 Å². The lowest BCUT2D eigenvalue weighted by molar-refractivity contribution is 0.346. The molecule has 0 aromatic heterocycles. The van der Waals surface area contributed by atoms with Crippen molar-refractivity contribution in [3.63, 3.8) is 0 Å². The highest BCUT2D eigenvalue weighted by Gasteiger charge is 2.35. The monoisotopic (exact) mass is 235 g/mol. The zero-order valence-corrected chi connectivity index (χ0v) is 10.1. The highest BCUT2D eigenvalue weighted by atomic mass is 19.1. The first kappa shape index (κ1) is 11.0. The maximum Gasteiger partial charge on any atom is 0.123 e. The summed E-state index contributed by atoms with van der Waals surface area (Å²) in [7, 11) is 1.66. The topological polar surface area (TPSA) is 21.3 Å². The average molecular weight is 235 g/mol. The second-order valence-electron chi connectivity index (χ2n) is 5.19. The quantitative estimate of drug-likeness (QED) is 0.851. The van der Waals surface area contributed by atoms with E-state index < -0.39 is 0 Å². The fourth-order valence-electron chi connectivity index (χ4n) is 3.34. The van der Waals surface area contributed by atoms with E-state index in [1.165, 1.54) is 18.9 Å². The van der Waals surface area contributed by atoms with Crippen molar-refractivity contribution in [2.45, 2.75) is 43.7 Å². The molecule has 1 aromatic carbocycles. The molecule has 3 heteroatoms. The van der Waals surface area contributed by atoms with Crippen LogP contribution in [-0.2, 0) is 0 Å². The molecule has 2 aliphatic heterocycles. The molecule has 2 fully saturated rings. The van der Waals surface area contributed by atoms with Gasteiger partial charge in [0, 0.05) is 17.6 Å². The van der Waals surface area contributed by atoms with Crippen molar-refractivity contribution in [1.29, 1.82) is 0 Å². The molecule has 2 bridgehead atoms. The van der Waals surface area contributed by atoms with Crippen LogP contribution in [0.1, 0.15) is 37.2 Å². The lowest BCUT2D eigenvalue weighted by Gasteiger charge is -2.30. The number of piperidine rings is 1. The molecule has 2 unspecified atom stereocenters. The maximum atomic E-state index is 13.4. The van der Waals surface area contributed by atoms with Crippen LogP contribution in [0.25, 0.3) is 0 Å². The normalized spacial score (nSPS) is 31.5. The molecule has 0 spiro atoms. The molecule has 0 amide bonds. The molecule has 0 aliphatic carbocycles. The van der Waals surface area contributed by atoms with Crippen LogP contribution in [0.15, 0.2) is 18.2 Å². The summed E-state index contributed by atoms with van der Waals surface area (Å²) in [6.07, 6.45) is 4.74. The summed E-state index contributed by atoms with van der Waals surface area (Å²) in [5.41, 5.74) is 1.05. The van der Waals surface area contributed by atoms with Crippen LogP contribution in [-0.4, -0.2) is 19.2 Å². The second-order valence-corrected chi connectivity index (χ2v) is 5.19. The lowest BCUT2D eigenvalue weighted by Crippen LogP contribution is -2.37. The third kappa shape index (κ3) is 2.04. The summed E-state index contributed by atoms with van der Waals surface area (Å²) in [5.74, 6) is 1.11. The number of hydrogen-bond acceptors (Lipinski definition) is 2. The third-order valence-corrected chi connectivity index (χ3v) is 4.10. The number of halogens is 1. The van der Waals surface area contributed by atoms with Crippen molar-refractivity contribution in [3.05, 3.63) is 29.6 Å². The molecule has 2 nitrogen and oxygen atoms in total. The van der Waals surface area contributed by atoms with Crippen molar-refractivity contribution in [2.24, 2.45) is 0 Å². The Hall–Kier alpha value is -1.09. The van der Waals surface area contributed by atoms with E-state index >= 15 is 0 Å². The fourth-order valence-corrected chi connectivity index (χ4v) is 3.34. The van der Waals surface area contributed by atoms with Gasteiger partial charge in [0.25, 0.3) is 0 Å². The SMILES string of the molecule is COc1ccc(F)cc1C1CC2CCC(C1)N2. The minimum absolute atomic E-state index is 0.160. The van der Waals surface area contributed by atoms with E-state index in [0.717, 1.165) is 24.2 Å². The Labute approximate surface area is 101 Å². The van der Waals surface area contributed by atoms with Crippen LogP contribution in [0.4, 0.5) is 4.39 Å². The number of ether oxygens (including phenoxy) is 1. The molecule has 2 saturated heterocycles. The molecular weight excluding hydrogens is 217 g/mol. The fraction of sp³-hybridized carbons (Fsp3) is 0.571. The van der Waals surface area contributed by atoms with Gasteiger partial charge < -0.3 is 10.1 Å². The van der Waals surface area contributed by atoms with E-state index in [4.69, 9.17) is 4.74 Å². The first-order valence-corrected chi connectivity index (χ1v) is 6.35. The van der Waals surface area contributed by atoms with Crippen LogP contribution < -0.4 is 10.1 Å². The Balaban J connectivity index is 1.90. The third-order valence-electron chi connectivity index (χ3n) is 4.10. The van der Waals surface area contributed by atoms with E-state index in [0.29, 0.717) is 18.0 Å². The van der Waals surface area contributed by atoms with E-state index in [9.17, 15) is 4.39 Å². The van der Waals surface area contributed by atoms with Crippen LogP contribution >= 0.6 is 0 Å². The van der Waals surface area contributed by atoms with Gasteiger partial charge in [0.05, 0.1) is 7.11 Å². The van der Waals surface area contributed by atoms with Gasteiger partial charge in [-0.1, -0.05) is 0 Å². The van der Waals surface area contributed by atoms with Crippen LogP contribution in [0.2, 0.25) is 0 Å². The summed E-state index contributed by atoms with van der Waals surface area (Å²) in [4.78, 5) is 0. The van der Waals surface area contributed by atoms with E-state index in [1.54, 1.807) is 19.2 Å². The molecule has 0 radical (unpaired) electrons. The molecule has 1 aromatic rings. The van der Waals surface area contributed by atoms with Gasteiger partial charge in [-0.15, -0.1) is 0 Å². The zero-order chi connectivity index (χ0) is 11.8. The van der Waals surface area contributed by atoms with E-state index in [1.807, 2.05) is 0 Å². The molecule has 2 atom stereocenters. The summed E-state index contributed by atoms with van der Waals surface area (Å²) in [6, 6.07) is 6.10. The molecule has 3 rings (SSSR count). The molecule has 2 aliphatic rings. The lowest BCUT2D eigenvalue weighted by atomic mass is 9.85. The minimum Gasteiger partial charge on any atom is -0.496 e. The molecule has 0 saturated carbocycles. The smallest absolute Gasteiger partial charge is 0.123 e. The van der Waals surface area contributed by atoms with Gasteiger partial charge in [-0.25, -0.2) is 4.39 Å². The highest BCUT2D eigenvalue weighted by Crippen LogP contribution is 2.40. The molecular formula is C14H18FNO. The van der Waals surface area contributed by atoms with Crippen LogP contribution in [0.5, 0.6) is 5.75 Å². The Kier molecular flexibility index (Phi) is 2.79. The predicted molar refractivity (Wildman–Crippen MR) is 64.9 cm³/mol. The molecule has 92 valence electrons. The van der Waals surface area contributed by atoms with Gasteiger partial charge in [0.2, 0.25) is 0 Å². The van der Waals surface area contributed by atoms with Gasteiger partial charge >= 0.3 is 0 Å². The van der Waals surface area contributed by atoms with Crippen molar-refractivity contribution in [1.82, 2.24) is 5.32 Å². The van der Waals surface area contributed by atoms with E-state index in [-0.39, 0.29) is 5.82 Å². The summed E-state index contributed by atoms with van der Waals surface area (Å²) < 4.78 is 18.7. The molecule has 1 N–H and O–H groups in total. The largest absolute Gasteiger partial charge is 0.496 e. The number of methoxy groups -OCH3 is 1. The standard InChI is InChI=1S/C14H18FNO/c1-17-14-5-2-10(15)8-13(14)9-6-11-3-4-12(7-9)16-11/h2,5,8-9,11-12,16H,3-4,6-7H2,1H3. The predicted octanol–water partition coefficient (Wildman–Crippen LogP) is 2.83. The van der Waals surface area contributed by atoms with Crippen LogP contribution in [0.3, 0.4) is 0 Å². The number of benzene rings is 1. The summed E-state index contributed by atoms with van der Waals surface area (Å²) in [5, 5.41) is 3.61. The Morgan fingerprint density at radius 2 is 1.94 bits per heavy atom. The Bertz CT molecular complexity index is 409. The van der Waals surface area contributed by atoms with Crippen molar-refractivity contribution in [2.75, 3.05) is 7.11 Å². The minimum atomic E-state index is -0.160. The first-order valence-electron chi connectivity index (χ1n) is 6.35. The summed E-state index contributed by atoms with van der Waals surface area (Å²) in [6.45, 7) is 0. The van der Waals surface area contributed by atoms with Gasteiger partial charge in [-0.3, -0.25) is 0 Å². The maximum absolute atomic E-state index is 13.4. The van der Waals surface area contributed by atoms with E-state index in [2.05, 4.69) is 5.32 Å². The number of nitrogens with one attached hydrogen (secondary N) is 1. The second kappa shape index (κ2) is 4.30. The Morgan fingerprint density at radius 3 is 2.59 bits per heavy atom. The van der Waals surface area contributed by atoms with Gasteiger partial charge in [-0.05, 0) is 49.8 Å². The first-order chi connectivity index (χ1) is 8.26. The Morgan fingerprint density at radius 1 is 1.24 bits per heavy atom. The van der Waals surface area contributed by atoms with Gasteiger partial charge in [0.1, 0.15) is 11.6 Å². The summed E-state index contributed by atoms with van der Waals surface area (Å²) >= 11 is 0. The van der Waals surface area contributed by atoms with Crippen molar-refractivity contribution in [3.8, 4) is 5.75 Å². The number of rotatable bonds is 2. The van der Waals surface area contributed by atoms with Gasteiger partial charge in [-0.2, -0.15) is 0 Å².